The maximum Gasteiger partial charge on any atom is 0.253 e. The van der Waals surface area contributed by atoms with Crippen LogP contribution in [0.3, 0.4) is 0 Å². The van der Waals surface area contributed by atoms with Crippen LogP contribution >= 0.6 is 15.9 Å². The molecule has 0 saturated carbocycles. The Hall–Kier alpha value is -1.89. The Bertz CT molecular complexity index is 610. The minimum absolute atomic E-state index is 0.241. The number of carbonyl (C=O) groups excluding carboxylic acids is 1. The Morgan fingerprint density at radius 3 is 2.89 bits per heavy atom. The lowest BCUT2D eigenvalue weighted by atomic mass is 10.1. The molecule has 100 valence electrons. The Morgan fingerprint density at radius 1 is 1.53 bits per heavy atom. The highest BCUT2D eigenvalue weighted by molar-refractivity contribution is 9.10. The second-order valence-electron chi connectivity index (χ2n) is 4.23. The van der Waals surface area contributed by atoms with Gasteiger partial charge in [-0.2, -0.15) is 0 Å². The number of nitrogens with zero attached hydrogens (tertiary/aromatic N) is 3. The van der Waals surface area contributed by atoms with Crippen molar-refractivity contribution in [3.8, 4) is 0 Å². The van der Waals surface area contributed by atoms with Crippen LogP contribution in [0.5, 0.6) is 0 Å². The molecule has 0 aliphatic rings. The van der Waals surface area contributed by atoms with Crippen LogP contribution in [0.4, 0.5) is 5.69 Å². The number of hydrogen-bond donors (Lipinski definition) is 2. The van der Waals surface area contributed by atoms with Crippen molar-refractivity contribution in [2.45, 2.75) is 13.0 Å². The molecule has 2 rings (SSSR count). The van der Waals surface area contributed by atoms with Crippen molar-refractivity contribution in [3.63, 3.8) is 0 Å². The molecule has 0 saturated heterocycles. The second kappa shape index (κ2) is 5.40. The number of rotatable bonds is 3. The summed E-state index contributed by atoms with van der Waals surface area (Å²) < 4.78 is 2.56. The summed E-state index contributed by atoms with van der Waals surface area (Å²) in [5, 5.41) is 10.6. The van der Waals surface area contributed by atoms with E-state index in [4.69, 9.17) is 5.73 Å². The van der Waals surface area contributed by atoms with Gasteiger partial charge in [-0.15, -0.1) is 10.2 Å². The summed E-state index contributed by atoms with van der Waals surface area (Å²) >= 11 is 3.32. The molecule has 0 fully saturated rings. The molecule has 0 bridgehead atoms. The van der Waals surface area contributed by atoms with Crippen LogP contribution in [0.2, 0.25) is 0 Å². The van der Waals surface area contributed by atoms with E-state index in [0.29, 0.717) is 17.1 Å². The zero-order valence-electron chi connectivity index (χ0n) is 10.6. The molecule has 3 N–H and O–H groups in total. The van der Waals surface area contributed by atoms with Gasteiger partial charge in [0.1, 0.15) is 6.33 Å². The van der Waals surface area contributed by atoms with Crippen LogP contribution in [0.1, 0.15) is 29.1 Å². The molecular formula is C12H14BrN5O. The lowest BCUT2D eigenvalue weighted by Gasteiger charge is -2.14. The number of hydrogen-bond acceptors (Lipinski definition) is 4. The van der Waals surface area contributed by atoms with Crippen molar-refractivity contribution in [2.75, 3.05) is 5.73 Å². The van der Waals surface area contributed by atoms with Crippen molar-refractivity contribution in [1.29, 1.82) is 0 Å². The van der Waals surface area contributed by atoms with E-state index in [-0.39, 0.29) is 11.9 Å². The Morgan fingerprint density at radius 2 is 2.26 bits per heavy atom. The van der Waals surface area contributed by atoms with Crippen LogP contribution in [-0.4, -0.2) is 20.7 Å². The third-order valence-electron chi connectivity index (χ3n) is 2.74. The standard InChI is InChI=1S/C12H14BrN5O/c1-7(11-17-15-6-18(11)2)16-12(19)9-5-8(13)3-4-10(9)14/h3-7H,14H2,1-2H3,(H,16,19). The lowest BCUT2D eigenvalue weighted by Crippen LogP contribution is -2.29. The van der Waals surface area contributed by atoms with Gasteiger partial charge >= 0.3 is 0 Å². The molecule has 0 aliphatic heterocycles. The Kier molecular flexibility index (Phi) is 3.84. The van der Waals surface area contributed by atoms with E-state index in [9.17, 15) is 4.79 Å². The number of amides is 1. The normalized spacial score (nSPS) is 12.2. The van der Waals surface area contributed by atoms with Crippen molar-refractivity contribution in [3.05, 3.63) is 40.4 Å². The van der Waals surface area contributed by atoms with Crippen LogP contribution in [0.25, 0.3) is 0 Å². The first-order valence-electron chi connectivity index (χ1n) is 5.69. The number of nitrogen functional groups attached to an aromatic ring is 1. The molecule has 0 radical (unpaired) electrons. The molecule has 0 spiro atoms. The van der Waals surface area contributed by atoms with E-state index in [1.54, 1.807) is 29.1 Å². The summed E-state index contributed by atoms with van der Waals surface area (Å²) in [6, 6.07) is 4.91. The summed E-state index contributed by atoms with van der Waals surface area (Å²) in [4.78, 5) is 12.2. The van der Waals surface area contributed by atoms with Gasteiger partial charge < -0.3 is 15.6 Å². The summed E-state index contributed by atoms with van der Waals surface area (Å²) in [7, 11) is 1.82. The first-order chi connectivity index (χ1) is 8.99. The van der Waals surface area contributed by atoms with Crippen molar-refractivity contribution in [1.82, 2.24) is 20.1 Å². The molecule has 7 heteroatoms. The first-order valence-corrected chi connectivity index (χ1v) is 6.48. The van der Waals surface area contributed by atoms with Crippen LogP contribution < -0.4 is 11.1 Å². The highest BCUT2D eigenvalue weighted by Gasteiger charge is 2.17. The van der Waals surface area contributed by atoms with Crippen molar-refractivity contribution in [2.24, 2.45) is 7.05 Å². The van der Waals surface area contributed by atoms with E-state index in [2.05, 4.69) is 31.4 Å². The number of benzene rings is 1. The minimum atomic E-state index is -0.251. The van der Waals surface area contributed by atoms with Gasteiger partial charge in [-0.1, -0.05) is 15.9 Å². The third-order valence-corrected chi connectivity index (χ3v) is 3.23. The maximum absolute atomic E-state index is 12.2. The van der Waals surface area contributed by atoms with Gasteiger partial charge in [0.05, 0.1) is 11.6 Å². The topological polar surface area (TPSA) is 85.8 Å². The number of anilines is 1. The van der Waals surface area contributed by atoms with Crippen LogP contribution in [0, 0.1) is 0 Å². The van der Waals surface area contributed by atoms with E-state index in [1.807, 2.05) is 14.0 Å². The van der Waals surface area contributed by atoms with E-state index in [1.165, 1.54) is 0 Å². The summed E-state index contributed by atoms with van der Waals surface area (Å²) in [5.41, 5.74) is 6.67. The zero-order valence-corrected chi connectivity index (χ0v) is 12.2. The number of aryl methyl sites for hydroxylation is 1. The zero-order chi connectivity index (χ0) is 14.0. The molecule has 1 amide bonds. The predicted molar refractivity (Wildman–Crippen MR) is 75.4 cm³/mol. The highest BCUT2D eigenvalue weighted by atomic mass is 79.9. The van der Waals surface area contributed by atoms with Crippen LogP contribution in [-0.2, 0) is 7.05 Å². The van der Waals surface area contributed by atoms with Crippen molar-refractivity contribution < 1.29 is 4.79 Å². The van der Waals surface area contributed by atoms with E-state index in [0.717, 1.165) is 4.47 Å². The fourth-order valence-electron chi connectivity index (χ4n) is 1.75. The van der Waals surface area contributed by atoms with E-state index >= 15 is 0 Å². The van der Waals surface area contributed by atoms with Crippen LogP contribution in [0.15, 0.2) is 29.0 Å². The number of nitrogens with one attached hydrogen (secondary N) is 1. The lowest BCUT2D eigenvalue weighted by molar-refractivity contribution is 0.0938. The Balaban J connectivity index is 2.17. The fourth-order valence-corrected chi connectivity index (χ4v) is 2.11. The third kappa shape index (κ3) is 2.93. The molecule has 1 atom stereocenters. The van der Waals surface area contributed by atoms with Gasteiger partial charge in [0, 0.05) is 17.2 Å². The molecular weight excluding hydrogens is 310 g/mol. The molecule has 6 nitrogen and oxygen atoms in total. The van der Waals surface area contributed by atoms with Gasteiger partial charge in [-0.05, 0) is 25.1 Å². The number of halogens is 1. The molecule has 0 aliphatic carbocycles. The van der Waals surface area contributed by atoms with E-state index < -0.39 is 0 Å². The summed E-state index contributed by atoms with van der Waals surface area (Å²) in [6.45, 7) is 1.84. The monoisotopic (exact) mass is 323 g/mol. The minimum Gasteiger partial charge on any atom is -0.398 e. The quantitative estimate of drug-likeness (QED) is 0.841. The fraction of sp³-hybridized carbons (Fsp3) is 0.250. The smallest absolute Gasteiger partial charge is 0.253 e. The maximum atomic E-state index is 12.2. The highest BCUT2D eigenvalue weighted by Crippen LogP contribution is 2.19. The van der Waals surface area contributed by atoms with Gasteiger partial charge in [-0.25, -0.2) is 0 Å². The molecule has 2 aromatic rings. The largest absolute Gasteiger partial charge is 0.398 e. The molecule has 1 aromatic carbocycles. The molecule has 1 unspecified atom stereocenters. The van der Waals surface area contributed by atoms with Gasteiger partial charge in [0.2, 0.25) is 0 Å². The first kappa shape index (κ1) is 13.5. The average Bonchev–Trinajstić information content (AvgIpc) is 2.78. The summed E-state index contributed by atoms with van der Waals surface area (Å²) in [5.74, 6) is 0.441. The van der Waals surface area contributed by atoms with Gasteiger partial charge in [-0.3, -0.25) is 4.79 Å². The summed E-state index contributed by atoms with van der Waals surface area (Å²) in [6.07, 6.45) is 1.59. The van der Waals surface area contributed by atoms with Gasteiger partial charge in [0.25, 0.3) is 5.91 Å². The Labute approximate surface area is 119 Å². The molecule has 19 heavy (non-hydrogen) atoms. The second-order valence-corrected chi connectivity index (χ2v) is 5.14. The van der Waals surface area contributed by atoms with Gasteiger partial charge in [0.15, 0.2) is 5.82 Å². The van der Waals surface area contributed by atoms with Crippen molar-refractivity contribution >= 4 is 27.5 Å². The average molecular weight is 324 g/mol. The number of aromatic nitrogens is 3. The SMILES string of the molecule is CC(NC(=O)c1cc(Br)ccc1N)c1nncn1C. The molecule has 1 heterocycles. The molecule has 1 aromatic heterocycles. The number of nitrogens with two attached hydrogens (primary N) is 1. The predicted octanol–water partition coefficient (Wildman–Crippen LogP) is 1.65. The number of carbonyl (C=O) groups is 1.